The van der Waals surface area contributed by atoms with Crippen LogP contribution >= 0.6 is 0 Å². The molecule has 94 valence electrons. The molecule has 0 aromatic heterocycles. The quantitative estimate of drug-likeness (QED) is 0.324. The van der Waals surface area contributed by atoms with E-state index in [4.69, 9.17) is 4.74 Å². The zero-order valence-corrected chi connectivity index (χ0v) is 10.2. The van der Waals surface area contributed by atoms with Crippen molar-refractivity contribution in [2.24, 2.45) is 0 Å². The van der Waals surface area contributed by atoms with Crippen LogP contribution in [0.15, 0.2) is 12.7 Å². The van der Waals surface area contributed by atoms with Crippen LogP contribution in [0.25, 0.3) is 0 Å². The van der Waals surface area contributed by atoms with Crippen molar-refractivity contribution < 1.29 is 13.9 Å². The van der Waals surface area contributed by atoms with E-state index in [1.807, 2.05) is 6.92 Å². The number of hydrogen-bond donors (Lipinski definition) is 0. The van der Waals surface area contributed by atoms with Crippen molar-refractivity contribution >= 4 is 5.97 Å². The molecular formula is C13H23FO2. The Bertz CT molecular complexity index is 192. The lowest BCUT2D eigenvalue weighted by molar-refractivity contribution is -0.142. The van der Waals surface area contributed by atoms with Crippen LogP contribution in [0.2, 0.25) is 0 Å². The molecule has 0 aromatic carbocycles. The van der Waals surface area contributed by atoms with Crippen molar-refractivity contribution in [3.63, 3.8) is 0 Å². The van der Waals surface area contributed by atoms with Crippen LogP contribution < -0.4 is 0 Å². The smallest absolute Gasteiger partial charge is 0.330 e. The summed E-state index contributed by atoms with van der Waals surface area (Å²) in [5, 5.41) is 0. The van der Waals surface area contributed by atoms with Gasteiger partial charge in [0.25, 0.3) is 0 Å². The first kappa shape index (κ1) is 15.1. The Hall–Kier alpha value is -0.860. The largest absolute Gasteiger partial charge is 0.460 e. The molecule has 3 heteroatoms. The number of ether oxygens (including phenoxy) is 1. The minimum Gasteiger partial charge on any atom is -0.460 e. The van der Waals surface area contributed by atoms with E-state index < -0.39 is 0 Å². The molecule has 0 radical (unpaired) electrons. The third-order valence-corrected chi connectivity index (χ3v) is 2.48. The number of esters is 1. The Kier molecular flexibility index (Phi) is 10.1. The molecule has 0 N–H and O–H groups in total. The fraction of sp³-hybridized carbons (Fsp3) is 0.769. The molecule has 16 heavy (non-hydrogen) atoms. The fourth-order valence-electron chi connectivity index (χ4n) is 1.54. The van der Waals surface area contributed by atoms with Crippen molar-refractivity contribution in [2.75, 3.05) is 6.67 Å². The summed E-state index contributed by atoms with van der Waals surface area (Å²) in [6.45, 7) is 5.04. The third kappa shape index (κ3) is 9.69. The van der Waals surface area contributed by atoms with E-state index in [0.717, 1.165) is 38.5 Å². The van der Waals surface area contributed by atoms with Crippen LogP contribution in [0.3, 0.4) is 0 Å². The number of carbonyl (C=O) groups excluding carboxylic acids is 1. The molecule has 0 fully saturated rings. The SMILES string of the molecule is C=CC(=O)OC(C)CCCCCCCCF. The summed E-state index contributed by atoms with van der Waals surface area (Å²) in [6, 6.07) is 0. The van der Waals surface area contributed by atoms with Crippen LogP contribution in [0.4, 0.5) is 4.39 Å². The minimum atomic E-state index is -0.351. The summed E-state index contributed by atoms with van der Waals surface area (Å²) in [5.41, 5.74) is 0. The predicted molar refractivity (Wildman–Crippen MR) is 64.0 cm³/mol. The second-order valence-electron chi connectivity index (χ2n) is 4.05. The molecule has 2 nitrogen and oxygen atoms in total. The molecule has 0 aliphatic carbocycles. The maximum atomic E-state index is 11.8. The maximum Gasteiger partial charge on any atom is 0.330 e. The van der Waals surface area contributed by atoms with Crippen LogP contribution in [0.5, 0.6) is 0 Å². The van der Waals surface area contributed by atoms with Gasteiger partial charge in [-0.1, -0.05) is 32.3 Å². The first-order chi connectivity index (χ1) is 7.70. The van der Waals surface area contributed by atoms with Gasteiger partial charge in [-0.15, -0.1) is 0 Å². The van der Waals surface area contributed by atoms with E-state index in [1.165, 1.54) is 6.08 Å². The van der Waals surface area contributed by atoms with Crippen molar-refractivity contribution in [1.82, 2.24) is 0 Å². The summed E-state index contributed by atoms with van der Waals surface area (Å²) in [7, 11) is 0. The Morgan fingerprint density at radius 1 is 1.25 bits per heavy atom. The molecule has 0 aliphatic rings. The highest BCUT2D eigenvalue weighted by Crippen LogP contribution is 2.10. The van der Waals surface area contributed by atoms with Crippen LogP contribution in [0, 0.1) is 0 Å². The lowest BCUT2D eigenvalue weighted by atomic mass is 10.1. The lowest BCUT2D eigenvalue weighted by Gasteiger charge is -2.11. The highest BCUT2D eigenvalue weighted by atomic mass is 19.1. The van der Waals surface area contributed by atoms with Crippen LogP contribution in [-0.4, -0.2) is 18.7 Å². The molecule has 0 saturated carbocycles. The van der Waals surface area contributed by atoms with E-state index in [-0.39, 0.29) is 18.7 Å². The van der Waals surface area contributed by atoms with Gasteiger partial charge in [-0.05, 0) is 26.2 Å². The number of hydrogen-bond acceptors (Lipinski definition) is 2. The molecule has 0 saturated heterocycles. The van der Waals surface area contributed by atoms with Crippen molar-refractivity contribution in [3.8, 4) is 0 Å². The van der Waals surface area contributed by atoms with Gasteiger partial charge in [-0.3, -0.25) is 4.39 Å². The monoisotopic (exact) mass is 230 g/mol. The number of unbranched alkanes of at least 4 members (excludes halogenated alkanes) is 5. The third-order valence-electron chi connectivity index (χ3n) is 2.48. The molecule has 1 atom stereocenters. The van der Waals surface area contributed by atoms with Crippen molar-refractivity contribution in [3.05, 3.63) is 12.7 Å². The van der Waals surface area contributed by atoms with Gasteiger partial charge in [-0.25, -0.2) is 4.79 Å². The average molecular weight is 230 g/mol. The average Bonchev–Trinajstić information content (AvgIpc) is 2.27. The van der Waals surface area contributed by atoms with Gasteiger partial charge >= 0.3 is 5.97 Å². The number of carbonyl (C=O) groups is 1. The molecular weight excluding hydrogens is 207 g/mol. The molecule has 0 bridgehead atoms. The van der Waals surface area contributed by atoms with Crippen LogP contribution in [0.1, 0.15) is 51.9 Å². The van der Waals surface area contributed by atoms with Crippen molar-refractivity contribution in [2.45, 2.75) is 58.0 Å². The highest BCUT2D eigenvalue weighted by molar-refractivity contribution is 5.81. The Balaban J connectivity index is 3.24. The molecule has 0 aliphatic heterocycles. The van der Waals surface area contributed by atoms with E-state index >= 15 is 0 Å². The number of alkyl halides is 1. The zero-order chi connectivity index (χ0) is 12.2. The summed E-state index contributed by atoms with van der Waals surface area (Å²) in [5.74, 6) is -0.351. The minimum absolute atomic E-state index is 0.0312. The second kappa shape index (κ2) is 10.7. The summed E-state index contributed by atoms with van der Waals surface area (Å²) < 4.78 is 16.8. The number of halogens is 1. The highest BCUT2D eigenvalue weighted by Gasteiger charge is 2.05. The molecule has 0 heterocycles. The normalized spacial score (nSPS) is 12.1. The summed E-state index contributed by atoms with van der Waals surface area (Å²) >= 11 is 0. The zero-order valence-electron chi connectivity index (χ0n) is 10.2. The molecule has 0 aromatic rings. The van der Waals surface area contributed by atoms with Gasteiger partial charge in [0.1, 0.15) is 0 Å². The van der Waals surface area contributed by atoms with E-state index in [1.54, 1.807) is 0 Å². The van der Waals surface area contributed by atoms with Gasteiger partial charge < -0.3 is 4.74 Å². The molecule has 0 amide bonds. The van der Waals surface area contributed by atoms with E-state index in [2.05, 4.69) is 6.58 Å². The predicted octanol–water partition coefficient (Wildman–Crippen LogP) is 3.80. The fourth-order valence-corrected chi connectivity index (χ4v) is 1.54. The van der Waals surface area contributed by atoms with Crippen molar-refractivity contribution in [1.29, 1.82) is 0 Å². The topological polar surface area (TPSA) is 26.3 Å². The first-order valence-electron chi connectivity index (χ1n) is 6.09. The molecule has 1 unspecified atom stereocenters. The summed E-state index contributed by atoms with van der Waals surface area (Å²) in [4.78, 5) is 10.9. The first-order valence-corrected chi connectivity index (χ1v) is 6.09. The van der Waals surface area contributed by atoms with E-state index in [9.17, 15) is 9.18 Å². The maximum absolute atomic E-state index is 11.8. The number of rotatable bonds is 10. The summed E-state index contributed by atoms with van der Waals surface area (Å²) in [6.07, 6.45) is 8.15. The Morgan fingerprint density at radius 2 is 1.81 bits per heavy atom. The second-order valence-corrected chi connectivity index (χ2v) is 4.05. The van der Waals surface area contributed by atoms with E-state index in [0.29, 0.717) is 6.42 Å². The van der Waals surface area contributed by atoms with Gasteiger partial charge in [-0.2, -0.15) is 0 Å². The van der Waals surface area contributed by atoms with Crippen LogP contribution in [-0.2, 0) is 9.53 Å². The Morgan fingerprint density at radius 3 is 2.38 bits per heavy atom. The van der Waals surface area contributed by atoms with Gasteiger partial charge in [0, 0.05) is 6.08 Å². The standard InChI is InChI=1S/C13H23FO2/c1-3-13(15)16-12(2)10-8-6-4-5-7-9-11-14/h3,12H,1,4-11H2,2H3. The molecule has 0 spiro atoms. The van der Waals surface area contributed by atoms with Gasteiger partial charge in [0.05, 0.1) is 12.8 Å². The lowest BCUT2D eigenvalue weighted by Crippen LogP contribution is -2.12. The Labute approximate surface area is 97.9 Å². The van der Waals surface area contributed by atoms with Gasteiger partial charge in [0.15, 0.2) is 0 Å². The van der Waals surface area contributed by atoms with Gasteiger partial charge in [0.2, 0.25) is 0 Å². The molecule has 0 rings (SSSR count).